The molecule has 4 aromatic rings. The van der Waals surface area contributed by atoms with Gasteiger partial charge < -0.3 is 9.73 Å². The van der Waals surface area contributed by atoms with E-state index in [1.54, 1.807) is 0 Å². The maximum atomic E-state index is 12.9. The Bertz CT molecular complexity index is 1180. The average molecular weight is 356 g/mol. The van der Waals surface area contributed by atoms with E-state index in [0.717, 1.165) is 46.8 Å². The summed E-state index contributed by atoms with van der Waals surface area (Å²) in [5.74, 6) is 0.172. The van der Waals surface area contributed by atoms with Crippen LogP contribution in [0.15, 0.2) is 59.0 Å². The molecular weight excluding hydrogens is 336 g/mol. The molecule has 0 radical (unpaired) electrons. The van der Waals surface area contributed by atoms with Crippen LogP contribution in [0.1, 0.15) is 46.3 Å². The molecule has 1 atom stereocenters. The SMILES string of the molecule is Cc1nc2ccccc2c2oc(C(=O)NC3CCCc4ccccc43)cc12. The number of pyridine rings is 1. The van der Waals surface area contributed by atoms with Crippen molar-refractivity contribution in [3.05, 3.63) is 77.2 Å². The van der Waals surface area contributed by atoms with Crippen LogP contribution < -0.4 is 5.32 Å². The van der Waals surface area contributed by atoms with Gasteiger partial charge in [-0.25, -0.2) is 0 Å². The van der Waals surface area contributed by atoms with Gasteiger partial charge in [0.25, 0.3) is 5.91 Å². The highest BCUT2D eigenvalue weighted by molar-refractivity contribution is 6.06. The zero-order chi connectivity index (χ0) is 18.4. The van der Waals surface area contributed by atoms with Crippen LogP contribution in [0.3, 0.4) is 0 Å². The zero-order valence-electron chi connectivity index (χ0n) is 15.2. The smallest absolute Gasteiger partial charge is 0.287 e. The minimum absolute atomic E-state index is 0.0339. The van der Waals surface area contributed by atoms with E-state index in [4.69, 9.17) is 4.42 Å². The van der Waals surface area contributed by atoms with Crippen molar-refractivity contribution in [2.75, 3.05) is 0 Å². The van der Waals surface area contributed by atoms with E-state index >= 15 is 0 Å². The molecule has 2 heterocycles. The number of fused-ring (bicyclic) bond motifs is 4. The standard InChI is InChI=1S/C23H20N2O2/c1-14-18-13-21(27-22(18)17-10-4-5-11-20(17)24-14)23(26)25-19-12-6-8-15-7-2-3-9-16(15)19/h2-5,7,9-11,13,19H,6,8,12H2,1H3,(H,25,26). The summed E-state index contributed by atoms with van der Waals surface area (Å²) in [6.45, 7) is 1.95. The lowest BCUT2D eigenvalue weighted by Crippen LogP contribution is -2.30. The van der Waals surface area contributed by atoms with E-state index in [0.29, 0.717) is 5.76 Å². The molecule has 0 spiro atoms. The molecular formula is C23H20N2O2. The number of amides is 1. The second-order valence-corrected chi connectivity index (χ2v) is 7.18. The average Bonchev–Trinajstić information content (AvgIpc) is 3.15. The first kappa shape index (κ1) is 16.1. The van der Waals surface area contributed by atoms with Gasteiger partial charge in [0.15, 0.2) is 5.76 Å². The molecule has 1 amide bonds. The number of benzene rings is 2. The van der Waals surface area contributed by atoms with Gasteiger partial charge in [0.2, 0.25) is 0 Å². The number of carbonyl (C=O) groups excluding carboxylic acids is 1. The van der Waals surface area contributed by atoms with Crippen LogP contribution in [0.25, 0.3) is 21.9 Å². The van der Waals surface area contributed by atoms with E-state index < -0.39 is 0 Å². The zero-order valence-corrected chi connectivity index (χ0v) is 15.2. The number of furan rings is 1. The summed E-state index contributed by atoms with van der Waals surface area (Å²) < 4.78 is 6.00. The number of carbonyl (C=O) groups is 1. The van der Waals surface area contributed by atoms with Gasteiger partial charge in [-0.3, -0.25) is 9.78 Å². The van der Waals surface area contributed by atoms with Crippen molar-refractivity contribution in [2.45, 2.75) is 32.2 Å². The molecule has 0 saturated carbocycles. The van der Waals surface area contributed by atoms with E-state index in [-0.39, 0.29) is 11.9 Å². The predicted molar refractivity (Wildman–Crippen MR) is 106 cm³/mol. The number of hydrogen-bond donors (Lipinski definition) is 1. The Morgan fingerprint density at radius 1 is 1.11 bits per heavy atom. The second kappa shape index (κ2) is 6.23. The van der Waals surface area contributed by atoms with Gasteiger partial charge in [0.1, 0.15) is 5.58 Å². The Morgan fingerprint density at radius 2 is 1.93 bits per heavy atom. The summed E-state index contributed by atoms with van der Waals surface area (Å²) in [6.07, 6.45) is 3.10. The van der Waals surface area contributed by atoms with Crippen molar-refractivity contribution in [2.24, 2.45) is 0 Å². The Balaban J connectivity index is 1.52. The maximum Gasteiger partial charge on any atom is 0.287 e. The molecule has 0 fully saturated rings. The van der Waals surface area contributed by atoms with Crippen molar-refractivity contribution in [1.82, 2.24) is 10.3 Å². The fourth-order valence-corrected chi connectivity index (χ4v) is 4.11. The van der Waals surface area contributed by atoms with Gasteiger partial charge in [-0.1, -0.05) is 36.4 Å². The molecule has 4 heteroatoms. The number of nitrogens with one attached hydrogen (secondary N) is 1. The number of nitrogens with zero attached hydrogens (tertiary/aromatic N) is 1. The van der Waals surface area contributed by atoms with Gasteiger partial charge >= 0.3 is 0 Å². The third kappa shape index (κ3) is 2.69. The minimum Gasteiger partial charge on any atom is -0.450 e. The molecule has 1 N–H and O–H groups in total. The molecule has 1 aliphatic rings. The van der Waals surface area contributed by atoms with Gasteiger partial charge in [-0.2, -0.15) is 0 Å². The molecule has 1 aliphatic carbocycles. The fraction of sp³-hybridized carbons (Fsp3) is 0.217. The highest BCUT2D eigenvalue weighted by Gasteiger charge is 2.24. The Hall–Kier alpha value is -3.14. The third-order valence-corrected chi connectivity index (χ3v) is 5.46. The van der Waals surface area contributed by atoms with Crippen LogP contribution in [0, 0.1) is 6.92 Å². The van der Waals surface area contributed by atoms with Gasteiger partial charge in [0.05, 0.1) is 11.6 Å². The van der Waals surface area contributed by atoms with Gasteiger partial charge in [-0.15, -0.1) is 0 Å². The molecule has 0 saturated heterocycles. The van der Waals surface area contributed by atoms with E-state index in [2.05, 4.69) is 28.5 Å². The van der Waals surface area contributed by atoms with Crippen LogP contribution in [0.2, 0.25) is 0 Å². The van der Waals surface area contributed by atoms with Gasteiger partial charge in [-0.05, 0) is 55.5 Å². The van der Waals surface area contributed by atoms with E-state index in [9.17, 15) is 4.79 Å². The minimum atomic E-state index is -0.170. The number of aryl methyl sites for hydroxylation is 2. The molecule has 134 valence electrons. The third-order valence-electron chi connectivity index (χ3n) is 5.46. The Morgan fingerprint density at radius 3 is 2.85 bits per heavy atom. The molecule has 0 aliphatic heterocycles. The van der Waals surface area contributed by atoms with Crippen molar-refractivity contribution in [3.63, 3.8) is 0 Å². The molecule has 4 nitrogen and oxygen atoms in total. The summed E-state index contributed by atoms with van der Waals surface area (Å²) in [6, 6.07) is 18.1. The first-order valence-corrected chi connectivity index (χ1v) is 9.38. The van der Waals surface area contributed by atoms with Crippen LogP contribution in [-0.4, -0.2) is 10.9 Å². The lowest BCUT2D eigenvalue weighted by atomic mass is 9.88. The highest BCUT2D eigenvalue weighted by Crippen LogP contribution is 2.32. The predicted octanol–water partition coefficient (Wildman–Crippen LogP) is 5.10. The monoisotopic (exact) mass is 356 g/mol. The van der Waals surface area contributed by atoms with Crippen LogP contribution >= 0.6 is 0 Å². The van der Waals surface area contributed by atoms with Crippen LogP contribution in [-0.2, 0) is 6.42 Å². The summed E-state index contributed by atoms with van der Waals surface area (Å²) in [7, 11) is 0. The molecule has 1 unspecified atom stereocenters. The largest absolute Gasteiger partial charge is 0.450 e. The van der Waals surface area contributed by atoms with Crippen LogP contribution in [0.5, 0.6) is 0 Å². The van der Waals surface area contributed by atoms with Crippen molar-refractivity contribution >= 4 is 27.8 Å². The first-order valence-electron chi connectivity index (χ1n) is 9.38. The molecule has 2 aromatic carbocycles. The lowest BCUT2D eigenvalue weighted by Gasteiger charge is -2.25. The van der Waals surface area contributed by atoms with Crippen molar-refractivity contribution in [1.29, 1.82) is 0 Å². The summed E-state index contributed by atoms with van der Waals surface area (Å²) in [5, 5.41) is 4.99. The topological polar surface area (TPSA) is 55.1 Å². The molecule has 2 aromatic heterocycles. The number of rotatable bonds is 2. The fourth-order valence-electron chi connectivity index (χ4n) is 4.11. The molecule has 5 rings (SSSR count). The second-order valence-electron chi connectivity index (χ2n) is 7.18. The molecule has 27 heavy (non-hydrogen) atoms. The van der Waals surface area contributed by atoms with Crippen molar-refractivity contribution in [3.8, 4) is 0 Å². The quantitative estimate of drug-likeness (QED) is 0.544. The van der Waals surface area contributed by atoms with E-state index in [1.165, 1.54) is 11.1 Å². The molecule has 0 bridgehead atoms. The number of hydrogen-bond acceptors (Lipinski definition) is 3. The normalized spacial score (nSPS) is 16.4. The van der Waals surface area contributed by atoms with E-state index in [1.807, 2.05) is 43.3 Å². The Labute approximate surface area is 157 Å². The summed E-state index contributed by atoms with van der Waals surface area (Å²) in [5.41, 5.74) is 5.02. The summed E-state index contributed by atoms with van der Waals surface area (Å²) >= 11 is 0. The first-order chi connectivity index (χ1) is 13.2. The van der Waals surface area contributed by atoms with Crippen molar-refractivity contribution < 1.29 is 9.21 Å². The summed E-state index contributed by atoms with van der Waals surface area (Å²) in [4.78, 5) is 17.5. The number of para-hydroxylation sites is 1. The number of aromatic nitrogens is 1. The van der Waals surface area contributed by atoms with Gasteiger partial charge in [0, 0.05) is 16.5 Å². The maximum absolute atomic E-state index is 12.9. The highest BCUT2D eigenvalue weighted by atomic mass is 16.3. The Kier molecular flexibility index (Phi) is 3.71. The lowest BCUT2D eigenvalue weighted by molar-refractivity contribution is 0.0907. The van der Waals surface area contributed by atoms with Crippen LogP contribution in [0.4, 0.5) is 0 Å².